The Balaban J connectivity index is 1.02. The molecule has 0 atom stereocenters. The molecule has 3 aromatic heterocycles. The Kier molecular flexibility index (Phi) is 8.42. The summed E-state index contributed by atoms with van der Waals surface area (Å²) >= 11 is 0. The monoisotopic (exact) mass is 792 g/mol. The molecule has 12 rings (SSSR count). The molecule has 0 spiro atoms. The molecule has 0 saturated carbocycles. The standard InChI is InChI=1S/C57H36N4O/c1-4-14-37(15-5-1)40-26-29-46(30-27-40)61-51-25-11-10-24-47(51)48-36-54-50(35-52(48)61)49-34-45(28-31-53(49)62-54)57-59-55(43-22-12-20-41(32-43)38-16-6-2-7-17-38)58-56(60-57)44-23-13-21-42(33-44)39-18-8-3-9-19-39/h1-36H. The van der Waals surface area contributed by atoms with Crippen molar-refractivity contribution in [3.8, 4) is 73.2 Å². The van der Waals surface area contributed by atoms with Gasteiger partial charge in [-0.3, -0.25) is 0 Å². The highest BCUT2D eigenvalue weighted by molar-refractivity contribution is 6.17. The summed E-state index contributed by atoms with van der Waals surface area (Å²) in [5, 5.41) is 4.34. The van der Waals surface area contributed by atoms with E-state index in [-0.39, 0.29) is 0 Å². The second-order valence-electron chi connectivity index (χ2n) is 15.6. The Morgan fingerprint density at radius 2 is 0.726 bits per heavy atom. The molecule has 3 heterocycles. The van der Waals surface area contributed by atoms with Crippen molar-refractivity contribution in [3.63, 3.8) is 0 Å². The van der Waals surface area contributed by atoms with Crippen molar-refractivity contribution >= 4 is 43.7 Å². The molecular formula is C57H36N4O. The molecule has 5 nitrogen and oxygen atoms in total. The molecule has 0 N–H and O–H groups in total. The zero-order chi connectivity index (χ0) is 41.0. The molecular weight excluding hydrogens is 757 g/mol. The Morgan fingerprint density at radius 1 is 0.274 bits per heavy atom. The number of aromatic nitrogens is 4. The van der Waals surface area contributed by atoms with E-state index in [2.05, 4.69) is 205 Å². The molecule has 0 unspecified atom stereocenters. The normalized spacial score (nSPS) is 11.5. The van der Waals surface area contributed by atoms with Gasteiger partial charge in [0.05, 0.1) is 11.0 Å². The van der Waals surface area contributed by atoms with Gasteiger partial charge in [-0.05, 0) is 94.0 Å². The van der Waals surface area contributed by atoms with Crippen LogP contribution in [0.1, 0.15) is 0 Å². The number of furan rings is 1. The van der Waals surface area contributed by atoms with Crippen molar-refractivity contribution in [2.45, 2.75) is 0 Å². The third-order valence-corrected chi connectivity index (χ3v) is 11.8. The van der Waals surface area contributed by atoms with Crippen LogP contribution in [0.5, 0.6) is 0 Å². The van der Waals surface area contributed by atoms with Crippen LogP contribution >= 0.6 is 0 Å². The smallest absolute Gasteiger partial charge is 0.164 e. The fraction of sp³-hybridized carbons (Fsp3) is 0. The van der Waals surface area contributed by atoms with Crippen LogP contribution in [0.3, 0.4) is 0 Å². The van der Waals surface area contributed by atoms with Crippen LogP contribution in [0.2, 0.25) is 0 Å². The summed E-state index contributed by atoms with van der Waals surface area (Å²) in [5.41, 5.74) is 14.5. The van der Waals surface area contributed by atoms with E-state index < -0.39 is 0 Å². The minimum atomic E-state index is 0.588. The van der Waals surface area contributed by atoms with Crippen molar-refractivity contribution in [1.29, 1.82) is 0 Å². The van der Waals surface area contributed by atoms with E-state index in [0.29, 0.717) is 17.5 Å². The molecule has 0 amide bonds. The number of benzene rings is 9. The van der Waals surface area contributed by atoms with Crippen molar-refractivity contribution < 1.29 is 4.42 Å². The maximum Gasteiger partial charge on any atom is 0.164 e. The molecule has 0 saturated heterocycles. The van der Waals surface area contributed by atoms with Crippen molar-refractivity contribution in [1.82, 2.24) is 19.5 Å². The molecule has 5 heteroatoms. The van der Waals surface area contributed by atoms with E-state index in [0.717, 1.165) is 83.0 Å². The zero-order valence-electron chi connectivity index (χ0n) is 33.5. The minimum absolute atomic E-state index is 0.588. The van der Waals surface area contributed by atoms with Gasteiger partial charge in [-0.2, -0.15) is 0 Å². The first-order chi connectivity index (χ1) is 30.7. The molecule has 12 aromatic rings. The van der Waals surface area contributed by atoms with E-state index >= 15 is 0 Å². The van der Waals surface area contributed by atoms with Gasteiger partial charge in [0, 0.05) is 43.9 Å². The summed E-state index contributed by atoms with van der Waals surface area (Å²) in [5.74, 6) is 1.80. The maximum atomic E-state index is 6.61. The molecule has 62 heavy (non-hydrogen) atoms. The van der Waals surface area contributed by atoms with Gasteiger partial charge < -0.3 is 8.98 Å². The Labute approximate surface area is 357 Å². The third kappa shape index (κ3) is 6.23. The molecule has 0 fully saturated rings. The Hall–Kier alpha value is -8.41. The summed E-state index contributed by atoms with van der Waals surface area (Å²) in [6.45, 7) is 0. The van der Waals surface area contributed by atoms with Crippen LogP contribution in [0.25, 0.3) is 117 Å². The summed E-state index contributed by atoms with van der Waals surface area (Å²) in [7, 11) is 0. The highest BCUT2D eigenvalue weighted by Crippen LogP contribution is 2.40. The molecule has 290 valence electrons. The van der Waals surface area contributed by atoms with Gasteiger partial charge in [-0.1, -0.05) is 158 Å². The largest absolute Gasteiger partial charge is 0.456 e. The average Bonchev–Trinajstić information content (AvgIpc) is 3.88. The fourth-order valence-electron chi connectivity index (χ4n) is 8.79. The fourth-order valence-corrected chi connectivity index (χ4v) is 8.79. The van der Waals surface area contributed by atoms with Crippen molar-refractivity contribution in [3.05, 3.63) is 218 Å². The first kappa shape index (κ1) is 35.5. The van der Waals surface area contributed by atoms with E-state index in [9.17, 15) is 0 Å². The molecule has 0 aliphatic carbocycles. The number of rotatable bonds is 7. The number of nitrogens with zero attached hydrogens (tertiary/aromatic N) is 4. The Morgan fingerprint density at radius 3 is 1.32 bits per heavy atom. The number of para-hydroxylation sites is 1. The molecule has 0 aliphatic heterocycles. The number of hydrogen-bond donors (Lipinski definition) is 0. The minimum Gasteiger partial charge on any atom is -0.456 e. The first-order valence-electron chi connectivity index (χ1n) is 20.8. The van der Waals surface area contributed by atoms with Crippen LogP contribution < -0.4 is 0 Å². The lowest BCUT2D eigenvalue weighted by Gasteiger charge is -2.11. The highest BCUT2D eigenvalue weighted by Gasteiger charge is 2.19. The molecule has 9 aromatic carbocycles. The van der Waals surface area contributed by atoms with E-state index in [1.807, 2.05) is 18.2 Å². The van der Waals surface area contributed by atoms with Gasteiger partial charge in [0.25, 0.3) is 0 Å². The van der Waals surface area contributed by atoms with Crippen LogP contribution in [-0.2, 0) is 0 Å². The van der Waals surface area contributed by atoms with Gasteiger partial charge in [-0.15, -0.1) is 0 Å². The van der Waals surface area contributed by atoms with Crippen LogP contribution in [-0.4, -0.2) is 19.5 Å². The predicted octanol–water partition coefficient (Wildman–Crippen LogP) is 14.9. The summed E-state index contributed by atoms with van der Waals surface area (Å²) < 4.78 is 8.97. The lowest BCUT2D eigenvalue weighted by atomic mass is 10.0. The lowest BCUT2D eigenvalue weighted by Crippen LogP contribution is -2.00. The maximum absolute atomic E-state index is 6.61. The summed E-state index contributed by atoms with van der Waals surface area (Å²) in [6.07, 6.45) is 0. The van der Waals surface area contributed by atoms with Crippen molar-refractivity contribution in [2.24, 2.45) is 0 Å². The predicted molar refractivity (Wildman–Crippen MR) is 254 cm³/mol. The number of hydrogen-bond acceptors (Lipinski definition) is 4. The van der Waals surface area contributed by atoms with E-state index in [4.69, 9.17) is 19.4 Å². The third-order valence-electron chi connectivity index (χ3n) is 11.8. The van der Waals surface area contributed by atoms with Gasteiger partial charge in [-0.25, -0.2) is 15.0 Å². The van der Waals surface area contributed by atoms with Crippen LogP contribution in [0.4, 0.5) is 0 Å². The van der Waals surface area contributed by atoms with Gasteiger partial charge in [0.2, 0.25) is 0 Å². The molecule has 0 radical (unpaired) electrons. The molecule has 0 aliphatic rings. The summed E-state index contributed by atoms with van der Waals surface area (Å²) in [6, 6.07) is 76.3. The van der Waals surface area contributed by atoms with E-state index in [1.165, 1.54) is 16.5 Å². The van der Waals surface area contributed by atoms with Gasteiger partial charge >= 0.3 is 0 Å². The van der Waals surface area contributed by atoms with Crippen LogP contribution in [0, 0.1) is 0 Å². The van der Waals surface area contributed by atoms with Crippen LogP contribution in [0.15, 0.2) is 223 Å². The second-order valence-corrected chi connectivity index (χ2v) is 15.6. The topological polar surface area (TPSA) is 56.7 Å². The SMILES string of the molecule is c1ccc(-c2ccc(-n3c4ccccc4c4cc5oc6ccc(-c7nc(-c8cccc(-c9ccccc9)c8)nc(-c8cccc(-c9ccccc9)c8)n7)cc6c5cc43)cc2)cc1. The molecule has 0 bridgehead atoms. The van der Waals surface area contributed by atoms with Gasteiger partial charge in [0.15, 0.2) is 17.5 Å². The van der Waals surface area contributed by atoms with Gasteiger partial charge in [0.1, 0.15) is 11.2 Å². The quantitative estimate of drug-likeness (QED) is 0.161. The Bertz CT molecular complexity index is 3510. The zero-order valence-corrected chi connectivity index (χ0v) is 33.5. The lowest BCUT2D eigenvalue weighted by molar-refractivity contribution is 0.669. The second kappa shape index (κ2) is 14.7. The number of fused-ring (bicyclic) bond motifs is 6. The van der Waals surface area contributed by atoms with E-state index in [1.54, 1.807) is 0 Å². The average molecular weight is 793 g/mol. The summed E-state index contributed by atoms with van der Waals surface area (Å²) in [4.78, 5) is 15.5. The highest BCUT2D eigenvalue weighted by atomic mass is 16.3. The van der Waals surface area contributed by atoms with Crippen molar-refractivity contribution in [2.75, 3.05) is 0 Å². The first-order valence-corrected chi connectivity index (χ1v) is 20.8.